The predicted molar refractivity (Wildman–Crippen MR) is 56.6 cm³/mol. The van der Waals surface area contributed by atoms with E-state index in [4.69, 9.17) is 5.73 Å². The number of hydrogen-bond acceptors (Lipinski definition) is 3. The van der Waals surface area contributed by atoms with Gasteiger partial charge in [-0.1, -0.05) is 20.3 Å². The molecule has 0 amide bonds. The van der Waals surface area contributed by atoms with Gasteiger partial charge >= 0.3 is 0 Å². The van der Waals surface area contributed by atoms with Gasteiger partial charge in [-0.15, -0.1) is 0 Å². The molecule has 72 valence electrons. The molecule has 1 rings (SSSR count). The SMILES string of the molecule is CCC(C)CNc1cc(N)ccn1. The maximum Gasteiger partial charge on any atom is 0.127 e. The van der Waals surface area contributed by atoms with Crippen LogP contribution in [0.5, 0.6) is 0 Å². The second-order valence-corrected chi connectivity index (χ2v) is 3.37. The lowest BCUT2D eigenvalue weighted by Gasteiger charge is -2.10. The third-order valence-electron chi connectivity index (χ3n) is 2.11. The molecule has 1 atom stereocenters. The van der Waals surface area contributed by atoms with Crippen molar-refractivity contribution in [2.45, 2.75) is 20.3 Å². The molecular formula is C10H17N3. The number of nitrogen functional groups attached to an aromatic ring is 1. The summed E-state index contributed by atoms with van der Waals surface area (Å²) >= 11 is 0. The van der Waals surface area contributed by atoms with E-state index in [1.165, 1.54) is 6.42 Å². The quantitative estimate of drug-likeness (QED) is 0.744. The lowest BCUT2D eigenvalue weighted by Crippen LogP contribution is -2.11. The molecule has 0 aliphatic heterocycles. The molecule has 0 spiro atoms. The van der Waals surface area contributed by atoms with Crippen molar-refractivity contribution in [3.8, 4) is 0 Å². The van der Waals surface area contributed by atoms with Crippen LogP contribution < -0.4 is 11.1 Å². The van der Waals surface area contributed by atoms with Gasteiger partial charge in [-0.05, 0) is 12.0 Å². The van der Waals surface area contributed by atoms with Gasteiger partial charge in [0.05, 0.1) is 0 Å². The van der Waals surface area contributed by atoms with Gasteiger partial charge in [-0.25, -0.2) is 4.98 Å². The Kier molecular flexibility index (Phi) is 3.55. The molecule has 0 radical (unpaired) electrons. The molecule has 1 unspecified atom stereocenters. The van der Waals surface area contributed by atoms with Crippen LogP contribution in [0.4, 0.5) is 11.5 Å². The van der Waals surface area contributed by atoms with Gasteiger partial charge in [-0.2, -0.15) is 0 Å². The summed E-state index contributed by atoms with van der Waals surface area (Å²) in [4.78, 5) is 4.15. The van der Waals surface area contributed by atoms with Crippen LogP contribution in [-0.4, -0.2) is 11.5 Å². The Balaban J connectivity index is 2.45. The third kappa shape index (κ3) is 3.32. The molecule has 0 aromatic carbocycles. The topological polar surface area (TPSA) is 50.9 Å². The lowest BCUT2D eigenvalue weighted by atomic mass is 10.1. The van der Waals surface area contributed by atoms with E-state index < -0.39 is 0 Å². The first kappa shape index (κ1) is 9.84. The number of anilines is 2. The molecular weight excluding hydrogens is 162 g/mol. The van der Waals surface area contributed by atoms with Gasteiger partial charge in [0.2, 0.25) is 0 Å². The van der Waals surface area contributed by atoms with Crippen LogP contribution in [-0.2, 0) is 0 Å². The molecule has 1 aromatic rings. The number of hydrogen-bond donors (Lipinski definition) is 2. The van der Waals surface area contributed by atoms with Crippen molar-refractivity contribution in [1.29, 1.82) is 0 Å². The van der Waals surface area contributed by atoms with Crippen LogP contribution in [0, 0.1) is 5.92 Å². The Hall–Kier alpha value is -1.25. The summed E-state index contributed by atoms with van der Waals surface area (Å²) in [5.41, 5.74) is 6.37. The Morgan fingerprint density at radius 1 is 1.62 bits per heavy atom. The minimum atomic E-state index is 0.670. The Morgan fingerprint density at radius 2 is 2.38 bits per heavy atom. The molecule has 0 saturated heterocycles. The molecule has 0 aliphatic rings. The van der Waals surface area contributed by atoms with Crippen molar-refractivity contribution in [2.24, 2.45) is 5.92 Å². The standard InChI is InChI=1S/C10H17N3/c1-3-8(2)7-13-10-6-9(11)4-5-12-10/h4-6,8H,3,7H2,1-2H3,(H3,11,12,13). The number of nitrogens with one attached hydrogen (secondary N) is 1. The average molecular weight is 179 g/mol. The molecule has 0 fully saturated rings. The van der Waals surface area contributed by atoms with E-state index in [0.29, 0.717) is 5.92 Å². The maximum absolute atomic E-state index is 5.62. The van der Waals surface area contributed by atoms with E-state index in [9.17, 15) is 0 Å². The van der Waals surface area contributed by atoms with Gasteiger partial charge in [0.1, 0.15) is 5.82 Å². The smallest absolute Gasteiger partial charge is 0.127 e. The summed E-state index contributed by atoms with van der Waals surface area (Å²) in [6.07, 6.45) is 2.89. The zero-order valence-electron chi connectivity index (χ0n) is 8.25. The third-order valence-corrected chi connectivity index (χ3v) is 2.11. The Morgan fingerprint density at radius 3 is 3.00 bits per heavy atom. The second-order valence-electron chi connectivity index (χ2n) is 3.37. The zero-order valence-corrected chi connectivity index (χ0v) is 8.25. The highest BCUT2D eigenvalue weighted by Gasteiger charge is 1.98. The highest BCUT2D eigenvalue weighted by molar-refractivity contribution is 5.48. The predicted octanol–water partition coefficient (Wildman–Crippen LogP) is 2.12. The van der Waals surface area contributed by atoms with Crippen LogP contribution in [0.1, 0.15) is 20.3 Å². The van der Waals surface area contributed by atoms with Crippen LogP contribution in [0.2, 0.25) is 0 Å². The number of nitrogens with two attached hydrogens (primary N) is 1. The summed E-state index contributed by atoms with van der Waals surface area (Å²) in [7, 11) is 0. The van der Waals surface area contributed by atoms with Gasteiger partial charge in [0, 0.05) is 24.5 Å². The normalized spacial score (nSPS) is 12.5. The first-order chi connectivity index (χ1) is 6.22. The molecule has 0 saturated carbocycles. The molecule has 3 nitrogen and oxygen atoms in total. The van der Waals surface area contributed by atoms with E-state index in [2.05, 4.69) is 24.1 Å². The summed E-state index contributed by atoms with van der Waals surface area (Å²) in [5, 5.41) is 3.25. The zero-order chi connectivity index (χ0) is 9.68. The summed E-state index contributed by atoms with van der Waals surface area (Å²) in [6, 6.07) is 3.64. The minimum Gasteiger partial charge on any atom is -0.399 e. The van der Waals surface area contributed by atoms with Crippen molar-refractivity contribution in [3.05, 3.63) is 18.3 Å². The van der Waals surface area contributed by atoms with E-state index in [-0.39, 0.29) is 0 Å². The molecule has 3 heteroatoms. The fourth-order valence-electron chi connectivity index (χ4n) is 0.967. The molecule has 1 heterocycles. The van der Waals surface area contributed by atoms with Gasteiger partial charge < -0.3 is 11.1 Å². The van der Waals surface area contributed by atoms with Crippen molar-refractivity contribution in [2.75, 3.05) is 17.6 Å². The van der Waals surface area contributed by atoms with Crippen molar-refractivity contribution < 1.29 is 0 Å². The van der Waals surface area contributed by atoms with Crippen LogP contribution in [0.3, 0.4) is 0 Å². The van der Waals surface area contributed by atoms with Crippen molar-refractivity contribution in [1.82, 2.24) is 4.98 Å². The Labute approximate surface area is 79.4 Å². The number of aromatic nitrogens is 1. The highest BCUT2D eigenvalue weighted by atomic mass is 15.0. The van der Waals surface area contributed by atoms with Gasteiger partial charge in [-0.3, -0.25) is 0 Å². The van der Waals surface area contributed by atoms with Gasteiger partial charge in [0.25, 0.3) is 0 Å². The molecule has 3 N–H and O–H groups in total. The van der Waals surface area contributed by atoms with E-state index in [0.717, 1.165) is 18.1 Å². The first-order valence-corrected chi connectivity index (χ1v) is 4.67. The van der Waals surface area contributed by atoms with Crippen LogP contribution in [0.25, 0.3) is 0 Å². The minimum absolute atomic E-state index is 0.670. The summed E-state index contributed by atoms with van der Waals surface area (Å²) < 4.78 is 0. The van der Waals surface area contributed by atoms with Crippen molar-refractivity contribution >= 4 is 11.5 Å². The number of nitrogens with zero attached hydrogens (tertiary/aromatic N) is 1. The highest BCUT2D eigenvalue weighted by Crippen LogP contribution is 2.09. The van der Waals surface area contributed by atoms with E-state index in [1.807, 2.05) is 6.07 Å². The van der Waals surface area contributed by atoms with Gasteiger partial charge in [0.15, 0.2) is 0 Å². The monoisotopic (exact) mass is 179 g/mol. The summed E-state index contributed by atoms with van der Waals surface area (Å²) in [6.45, 7) is 5.34. The molecule has 1 aromatic heterocycles. The lowest BCUT2D eigenvalue weighted by molar-refractivity contribution is 0.592. The number of pyridine rings is 1. The molecule has 0 aliphatic carbocycles. The average Bonchev–Trinajstić information content (AvgIpc) is 2.14. The Bertz CT molecular complexity index is 260. The number of rotatable bonds is 4. The van der Waals surface area contributed by atoms with Crippen molar-refractivity contribution in [3.63, 3.8) is 0 Å². The molecule has 0 bridgehead atoms. The second kappa shape index (κ2) is 4.70. The molecule has 13 heavy (non-hydrogen) atoms. The van der Waals surface area contributed by atoms with E-state index >= 15 is 0 Å². The van der Waals surface area contributed by atoms with E-state index in [1.54, 1.807) is 12.3 Å². The fourth-order valence-corrected chi connectivity index (χ4v) is 0.967. The summed E-state index contributed by atoms with van der Waals surface area (Å²) in [5.74, 6) is 1.53. The van der Waals surface area contributed by atoms with Crippen LogP contribution >= 0.6 is 0 Å². The first-order valence-electron chi connectivity index (χ1n) is 4.67. The van der Waals surface area contributed by atoms with Crippen LogP contribution in [0.15, 0.2) is 18.3 Å². The largest absolute Gasteiger partial charge is 0.399 e. The maximum atomic E-state index is 5.62. The fraction of sp³-hybridized carbons (Fsp3) is 0.500.